The quantitative estimate of drug-likeness (QED) is 0.602. The summed E-state index contributed by atoms with van der Waals surface area (Å²) >= 11 is 0. The smallest absolute Gasteiger partial charge is 0.269 e. The summed E-state index contributed by atoms with van der Waals surface area (Å²) in [7, 11) is 2.14. The molecule has 5 nitrogen and oxygen atoms in total. The second kappa shape index (κ2) is 4.90. The van der Waals surface area contributed by atoms with Crippen molar-refractivity contribution in [3.63, 3.8) is 0 Å². The summed E-state index contributed by atoms with van der Waals surface area (Å²) < 4.78 is 0. The number of fused-ring (bicyclic) bond motifs is 1. The van der Waals surface area contributed by atoms with Crippen LogP contribution in [-0.4, -0.2) is 47.9 Å². The van der Waals surface area contributed by atoms with Gasteiger partial charge in [-0.15, -0.1) is 0 Å². The van der Waals surface area contributed by atoms with Gasteiger partial charge in [0, 0.05) is 44.4 Å². The molecule has 1 unspecified atom stereocenters. The van der Waals surface area contributed by atoms with Gasteiger partial charge in [-0.25, -0.2) is 0 Å². The number of benzene rings is 1. The van der Waals surface area contributed by atoms with Crippen LogP contribution in [0.25, 0.3) is 0 Å². The van der Waals surface area contributed by atoms with Gasteiger partial charge >= 0.3 is 0 Å². The SMILES string of the molecule is CN1CCN(C2CCc3ccc([N+](=O)[O-])cc32)CC1. The van der Waals surface area contributed by atoms with E-state index in [1.54, 1.807) is 12.1 Å². The maximum Gasteiger partial charge on any atom is 0.269 e. The minimum atomic E-state index is -0.292. The molecule has 0 saturated carbocycles. The van der Waals surface area contributed by atoms with Crippen LogP contribution in [0.4, 0.5) is 5.69 Å². The fourth-order valence-electron chi connectivity index (χ4n) is 3.19. The van der Waals surface area contributed by atoms with E-state index in [2.05, 4.69) is 16.8 Å². The van der Waals surface area contributed by atoms with Gasteiger partial charge in [-0.1, -0.05) is 6.07 Å². The van der Waals surface area contributed by atoms with Crippen molar-refractivity contribution >= 4 is 5.69 Å². The van der Waals surface area contributed by atoms with Crippen LogP contribution in [0, 0.1) is 10.1 Å². The zero-order chi connectivity index (χ0) is 13.4. The molecule has 1 aliphatic heterocycles. The highest BCUT2D eigenvalue weighted by Gasteiger charge is 2.30. The zero-order valence-electron chi connectivity index (χ0n) is 11.2. The van der Waals surface area contributed by atoms with Gasteiger partial charge in [-0.2, -0.15) is 0 Å². The number of likely N-dealkylation sites (N-methyl/N-ethyl adjacent to an activating group) is 1. The van der Waals surface area contributed by atoms with E-state index in [9.17, 15) is 10.1 Å². The van der Waals surface area contributed by atoms with Crippen molar-refractivity contribution in [2.45, 2.75) is 18.9 Å². The third-order valence-electron chi connectivity index (χ3n) is 4.37. The summed E-state index contributed by atoms with van der Waals surface area (Å²) in [5, 5.41) is 10.9. The molecule has 5 heteroatoms. The third kappa shape index (κ3) is 2.35. The average molecular weight is 261 g/mol. The van der Waals surface area contributed by atoms with Gasteiger partial charge in [0.1, 0.15) is 0 Å². The van der Waals surface area contributed by atoms with Crippen molar-refractivity contribution in [1.82, 2.24) is 9.80 Å². The highest BCUT2D eigenvalue weighted by Crippen LogP contribution is 2.37. The van der Waals surface area contributed by atoms with Crippen molar-refractivity contribution < 1.29 is 4.92 Å². The standard InChI is InChI=1S/C14H19N3O2/c1-15-6-8-16(9-7-15)14-5-3-11-2-4-12(17(18)19)10-13(11)14/h2,4,10,14H,3,5-9H2,1H3. The Morgan fingerprint density at radius 3 is 2.68 bits per heavy atom. The molecular weight excluding hydrogens is 242 g/mol. The number of hydrogen-bond acceptors (Lipinski definition) is 4. The van der Waals surface area contributed by atoms with Crippen molar-refractivity contribution in [2.75, 3.05) is 33.2 Å². The molecule has 0 bridgehead atoms. The molecule has 3 rings (SSSR count). The predicted molar refractivity (Wildman–Crippen MR) is 73.2 cm³/mol. The molecule has 1 aromatic carbocycles. The number of nitro groups is 1. The lowest BCUT2D eigenvalue weighted by Gasteiger charge is -2.36. The van der Waals surface area contributed by atoms with Crippen molar-refractivity contribution in [3.8, 4) is 0 Å². The van der Waals surface area contributed by atoms with E-state index in [-0.39, 0.29) is 10.6 Å². The summed E-state index contributed by atoms with van der Waals surface area (Å²) in [4.78, 5) is 15.4. The lowest BCUT2D eigenvalue weighted by Crippen LogP contribution is -2.45. The topological polar surface area (TPSA) is 49.6 Å². The fraction of sp³-hybridized carbons (Fsp3) is 0.571. The molecule has 1 saturated heterocycles. The molecule has 102 valence electrons. The van der Waals surface area contributed by atoms with Crippen molar-refractivity contribution in [1.29, 1.82) is 0 Å². The molecule has 19 heavy (non-hydrogen) atoms. The van der Waals surface area contributed by atoms with E-state index in [0.717, 1.165) is 39.0 Å². The zero-order valence-corrected chi connectivity index (χ0v) is 11.2. The van der Waals surface area contributed by atoms with E-state index < -0.39 is 0 Å². The van der Waals surface area contributed by atoms with Gasteiger partial charge in [-0.05, 0) is 31.0 Å². The summed E-state index contributed by atoms with van der Waals surface area (Å²) in [6.07, 6.45) is 2.14. The van der Waals surface area contributed by atoms with E-state index >= 15 is 0 Å². The molecule has 1 aliphatic carbocycles. The van der Waals surface area contributed by atoms with Crippen molar-refractivity contribution in [3.05, 3.63) is 39.4 Å². The molecule has 0 N–H and O–H groups in total. The number of aryl methyl sites for hydroxylation is 1. The third-order valence-corrected chi connectivity index (χ3v) is 4.37. The van der Waals surface area contributed by atoms with Gasteiger partial charge in [0.2, 0.25) is 0 Å². The molecule has 0 radical (unpaired) electrons. The summed E-state index contributed by atoms with van der Waals surface area (Å²) in [5.41, 5.74) is 2.69. The van der Waals surface area contributed by atoms with Crippen LogP contribution in [0.15, 0.2) is 18.2 Å². The maximum atomic E-state index is 10.9. The predicted octanol–water partition coefficient (Wildman–Crippen LogP) is 1.83. The Kier molecular flexibility index (Phi) is 3.24. The first-order valence-electron chi connectivity index (χ1n) is 6.85. The maximum absolute atomic E-state index is 10.9. The number of rotatable bonds is 2. The van der Waals surface area contributed by atoms with E-state index in [1.165, 1.54) is 11.1 Å². The van der Waals surface area contributed by atoms with Crippen molar-refractivity contribution in [2.24, 2.45) is 0 Å². The molecular formula is C14H19N3O2. The van der Waals surface area contributed by atoms with Crippen LogP contribution >= 0.6 is 0 Å². The Morgan fingerprint density at radius 2 is 2.00 bits per heavy atom. The number of non-ortho nitro benzene ring substituents is 1. The Balaban J connectivity index is 1.84. The Hall–Kier alpha value is -1.46. The minimum absolute atomic E-state index is 0.222. The van der Waals surface area contributed by atoms with Gasteiger partial charge < -0.3 is 4.90 Å². The molecule has 2 aliphatic rings. The van der Waals surface area contributed by atoms with Gasteiger partial charge in [0.05, 0.1) is 4.92 Å². The summed E-state index contributed by atoms with van der Waals surface area (Å²) in [5.74, 6) is 0. The summed E-state index contributed by atoms with van der Waals surface area (Å²) in [6, 6.07) is 5.73. The monoisotopic (exact) mass is 261 g/mol. The Bertz CT molecular complexity index is 495. The Labute approximate surface area is 113 Å². The largest absolute Gasteiger partial charge is 0.304 e. The molecule has 1 heterocycles. The van der Waals surface area contributed by atoms with Crippen LogP contribution in [0.3, 0.4) is 0 Å². The van der Waals surface area contributed by atoms with E-state index in [1.807, 2.05) is 6.07 Å². The fourth-order valence-corrected chi connectivity index (χ4v) is 3.19. The molecule has 0 aromatic heterocycles. The van der Waals surface area contributed by atoms with Gasteiger partial charge in [0.15, 0.2) is 0 Å². The van der Waals surface area contributed by atoms with Crippen LogP contribution in [0.2, 0.25) is 0 Å². The second-order valence-electron chi connectivity index (χ2n) is 5.53. The normalized spacial score (nSPS) is 24.4. The van der Waals surface area contributed by atoms with Crippen LogP contribution in [0.5, 0.6) is 0 Å². The van der Waals surface area contributed by atoms with Crippen LogP contribution in [-0.2, 0) is 6.42 Å². The highest BCUT2D eigenvalue weighted by molar-refractivity contribution is 5.44. The Morgan fingerprint density at radius 1 is 1.26 bits per heavy atom. The first-order chi connectivity index (χ1) is 9.15. The number of hydrogen-bond donors (Lipinski definition) is 0. The van der Waals surface area contributed by atoms with Crippen LogP contribution < -0.4 is 0 Å². The number of nitrogens with zero attached hydrogens (tertiary/aromatic N) is 3. The highest BCUT2D eigenvalue weighted by atomic mass is 16.6. The lowest BCUT2D eigenvalue weighted by atomic mass is 10.1. The molecule has 0 amide bonds. The number of piperazine rings is 1. The molecule has 1 fully saturated rings. The molecule has 0 spiro atoms. The second-order valence-corrected chi connectivity index (χ2v) is 5.53. The van der Waals surface area contributed by atoms with Gasteiger partial charge in [-0.3, -0.25) is 15.0 Å². The molecule has 1 atom stereocenters. The average Bonchev–Trinajstić information content (AvgIpc) is 2.82. The first-order valence-corrected chi connectivity index (χ1v) is 6.85. The molecule has 1 aromatic rings. The first kappa shape index (κ1) is 12.6. The van der Waals surface area contributed by atoms with E-state index in [0.29, 0.717) is 6.04 Å². The number of nitro benzene ring substituents is 1. The lowest BCUT2D eigenvalue weighted by molar-refractivity contribution is -0.384. The summed E-state index contributed by atoms with van der Waals surface area (Å²) in [6.45, 7) is 4.29. The van der Waals surface area contributed by atoms with Crippen LogP contribution in [0.1, 0.15) is 23.6 Å². The minimum Gasteiger partial charge on any atom is -0.304 e. The van der Waals surface area contributed by atoms with Gasteiger partial charge in [0.25, 0.3) is 5.69 Å². The van der Waals surface area contributed by atoms with E-state index in [4.69, 9.17) is 0 Å².